The average molecular weight is 322 g/mol. The second-order valence-corrected chi connectivity index (χ2v) is 1.58. The molecule has 0 amide bonds. The molecular weight excluding hydrogens is 314 g/mol. The maximum absolute atomic E-state index is 8.74. The van der Waals surface area contributed by atoms with Gasteiger partial charge in [0, 0.05) is 0 Å². The van der Waals surface area contributed by atoms with E-state index in [1.54, 1.807) is 0 Å². The van der Waals surface area contributed by atoms with Crippen molar-refractivity contribution in [2.24, 2.45) is 0 Å². The maximum atomic E-state index is 8.74. The molecule has 0 aliphatic carbocycles. The van der Waals surface area contributed by atoms with Crippen molar-refractivity contribution in [3.05, 3.63) is 10.1 Å². The number of hydrogen-bond acceptors (Lipinski definition) is 4. The summed E-state index contributed by atoms with van der Waals surface area (Å²) in [6.45, 7) is 0. The van der Waals surface area contributed by atoms with E-state index in [-0.39, 0.29) is 131 Å². The first-order chi connectivity index (χ1) is 3.73. The molecule has 0 aromatic carbocycles. The third-order valence-corrected chi connectivity index (χ3v) is 0. The summed E-state index contributed by atoms with van der Waals surface area (Å²) in [4.78, 5) is 8.36. The Morgan fingerprint density at radius 3 is 1.15 bits per heavy atom. The van der Waals surface area contributed by atoms with E-state index in [2.05, 4.69) is 0 Å². The molecule has 0 unspecified atom stereocenters. The van der Waals surface area contributed by atoms with Gasteiger partial charge in [0.25, 0.3) is 5.09 Å². The van der Waals surface area contributed by atoms with Crippen LogP contribution in [0, 0.1) is 10.1 Å². The summed E-state index contributed by atoms with van der Waals surface area (Å²) in [6, 6.07) is 0. The Kier molecular flexibility index (Phi) is 56.8. The number of rotatable bonds is 0. The van der Waals surface area contributed by atoms with Gasteiger partial charge >= 0.3 is 124 Å². The van der Waals surface area contributed by atoms with Crippen LogP contribution in [0.3, 0.4) is 0 Å². The molecule has 0 aliphatic heterocycles. The van der Waals surface area contributed by atoms with Gasteiger partial charge in [-0.3, -0.25) is 9.11 Å². The Morgan fingerprint density at radius 1 is 1.15 bits per heavy atom. The molecule has 0 radical (unpaired) electrons. The van der Waals surface area contributed by atoms with Crippen LogP contribution in [-0.4, -0.2) is 141 Å². The monoisotopic (exact) mass is 321 g/mol. The molecule has 8 nitrogen and oxygen atoms in total. The minimum Gasteiger partial charge on any atom is -1.00 e. The normalized spacial score (nSPS) is 6.31. The topological polar surface area (TPSA) is 138 Å². The fourth-order valence-electron chi connectivity index (χ4n) is 0. The minimum absolute atomic E-state index is 0. The molecule has 0 aromatic heterocycles. The molecule has 72 valence electrons. The van der Waals surface area contributed by atoms with E-state index in [1.165, 1.54) is 0 Å². The Labute approximate surface area is 176 Å². The van der Waals surface area contributed by atoms with E-state index in [1.807, 2.05) is 0 Å². The Bertz CT molecular complexity index is 180. The van der Waals surface area contributed by atoms with Crippen LogP contribution >= 0.6 is 12.4 Å². The largest absolute Gasteiger partial charge is 2.00 e. The van der Waals surface area contributed by atoms with E-state index >= 15 is 0 Å². The van der Waals surface area contributed by atoms with Gasteiger partial charge in [-0.15, -0.1) is 22.5 Å². The third-order valence-electron chi connectivity index (χ3n) is 0. The van der Waals surface area contributed by atoms with Gasteiger partial charge in [-0.05, 0) is 0 Å². The molecule has 13 heavy (non-hydrogen) atoms. The zero-order chi connectivity index (χ0) is 8.08. The van der Waals surface area contributed by atoms with E-state index in [0.717, 1.165) is 0 Å². The van der Waals surface area contributed by atoms with Crippen molar-refractivity contribution in [3.8, 4) is 0 Å². The summed E-state index contributed by atoms with van der Waals surface area (Å²) in [6.07, 6.45) is 0. The van der Waals surface area contributed by atoms with Crippen molar-refractivity contribution in [1.82, 2.24) is 0 Å². The summed E-state index contributed by atoms with van der Waals surface area (Å²) in [7, 11) is -4.67. The predicted molar refractivity (Wildman–Crippen MR) is 51.9 cm³/mol. The number of halogens is 1. The number of hydrogen-bond donors (Lipinski definition) is 3. The summed E-state index contributed by atoms with van der Waals surface area (Å²) < 4.78 is 31.6. The van der Waals surface area contributed by atoms with Crippen molar-refractivity contribution in [2.45, 2.75) is 0 Å². The molecule has 0 bridgehead atoms. The molecule has 0 fully saturated rings. The SMILES string of the molecule is Cl.O=S(=O)(O)O.O=[N+]([O-])O.[Ca+2].[Ca+2].[Ca+2].[H-].[H-].[H-].[H-]. The summed E-state index contributed by atoms with van der Waals surface area (Å²) in [5.41, 5.74) is 0. The Morgan fingerprint density at radius 2 is 1.15 bits per heavy atom. The van der Waals surface area contributed by atoms with Crippen LogP contribution in [0.1, 0.15) is 5.71 Å². The molecule has 0 heterocycles. The van der Waals surface area contributed by atoms with Gasteiger partial charge in [0.15, 0.2) is 0 Å². The predicted octanol–water partition coefficient (Wildman–Crippen LogP) is -1.27. The van der Waals surface area contributed by atoms with Gasteiger partial charge in [-0.1, -0.05) is 0 Å². The molecule has 0 saturated carbocycles. The fraction of sp³-hybridized carbons (Fsp3) is 0. The minimum atomic E-state index is -4.67. The standard InChI is InChI=1S/3Ca.ClH.HNO3.H2O4S.4H/c;;;;2-1(3)4;1-5(2,3)4;;;;/h;;;1H;(H,2,3,4);(H2,1,2,3,4);;;;/q3*+2;;;;4*-1. The van der Waals surface area contributed by atoms with Crippen molar-refractivity contribution < 1.29 is 33.5 Å². The van der Waals surface area contributed by atoms with Crippen LogP contribution in [-0.2, 0) is 10.4 Å². The van der Waals surface area contributed by atoms with Crippen molar-refractivity contribution >= 4 is 136 Å². The molecule has 3 N–H and O–H groups in total. The second kappa shape index (κ2) is 20.5. The zero-order valence-corrected chi connectivity index (χ0v) is 14.6. The first-order valence-electron chi connectivity index (χ1n) is 1.26. The van der Waals surface area contributed by atoms with Crippen LogP contribution in [0.4, 0.5) is 0 Å². The summed E-state index contributed by atoms with van der Waals surface area (Å²) >= 11 is 0. The first-order valence-corrected chi connectivity index (χ1v) is 2.66. The van der Waals surface area contributed by atoms with Crippen molar-refractivity contribution in [2.75, 3.05) is 0 Å². The van der Waals surface area contributed by atoms with Crippen molar-refractivity contribution in [1.29, 1.82) is 0 Å². The van der Waals surface area contributed by atoms with Crippen LogP contribution in [0.25, 0.3) is 0 Å². The van der Waals surface area contributed by atoms with Gasteiger partial charge < -0.3 is 10.9 Å². The molecule has 0 saturated heterocycles. The fourth-order valence-corrected chi connectivity index (χ4v) is 0. The molecule has 0 rings (SSSR count). The smallest absolute Gasteiger partial charge is 1.00 e. The third kappa shape index (κ3) is 265. The average Bonchev–Trinajstić information content (AvgIpc) is 1.19. The van der Waals surface area contributed by atoms with Crippen LogP contribution in [0.2, 0.25) is 0 Å². The van der Waals surface area contributed by atoms with E-state index in [9.17, 15) is 0 Å². The molecule has 0 aromatic rings. The van der Waals surface area contributed by atoms with Gasteiger partial charge in [-0.2, -0.15) is 8.42 Å². The number of nitrogens with zero attached hydrogens (tertiary/aromatic N) is 1. The summed E-state index contributed by atoms with van der Waals surface area (Å²) in [5.74, 6) is 0. The molecule has 13 heteroatoms. The first kappa shape index (κ1) is 36.0. The van der Waals surface area contributed by atoms with Crippen LogP contribution in [0.15, 0.2) is 0 Å². The van der Waals surface area contributed by atoms with Gasteiger partial charge in [0.05, 0.1) is 0 Å². The van der Waals surface area contributed by atoms with Crippen molar-refractivity contribution in [3.63, 3.8) is 0 Å². The molecule has 0 spiro atoms. The van der Waals surface area contributed by atoms with E-state index in [0.29, 0.717) is 0 Å². The van der Waals surface area contributed by atoms with Crippen LogP contribution < -0.4 is 0 Å². The molecule has 0 atom stereocenters. The van der Waals surface area contributed by atoms with E-state index < -0.39 is 15.5 Å². The Hall–Kier alpha value is 3.14. The Balaban J connectivity index is -0.00000000494. The molecular formula is H8Ca3ClNO7S+2. The van der Waals surface area contributed by atoms with Crippen LogP contribution in [0.5, 0.6) is 0 Å². The quantitative estimate of drug-likeness (QED) is 0.219. The van der Waals surface area contributed by atoms with Gasteiger partial charge in [-0.25, -0.2) is 0 Å². The van der Waals surface area contributed by atoms with Gasteiger partial charge in [0.2, 0.25) is 0 Å². The molecule has 0 aliphatic rings. The van der Waals surface area contributed by atoms with E-state index in [4.69, 9.17) is 32.8 Å². The van der Waals surface area contributed by atoms with Gasteiger partial charge in [0.1, 0.15) is 0 Å². The maximum Gasteiger partial charge on any atom is 2.00 e. The zero-order valence-electron chi connectivity index (χ0n) is 10.4. The summed E-state index contributed by atoms with van der Waals surface area (Å²) in [5, 5.41) is 13.6. The second-order valence-electron chi connectivity index (χ2n) is 0.686.